The molecule has 0 radical (unpaired) electrons. The van der Waals surface area contributed by atoms with Crippen LogP contribution < -0.4 is 15.8 Å². The van der Waals surface area contributed by atoms with Gasteiger partial charge in [-0.2, -0.15) is 0 Å². The standard InChI is InChI=1S/C16H16N5O7P/c1-16(19-20-17)13(23)11(9-26-29(25)28-10-5-3-2-4-6-10)27-14(16)21-8-7-12(22)18-15(21)24/h2-8,11,13-14,23H,9H2,1H3/p+1/t11-,13-,14-,16-/m1/s1. The molecule has 0 aliphatic carbocycles. The van der Waals surface area contributed by atoms with Gasteiger partial charge in [0.15, 0.2) is 12.0 Å². The van der Waals surface area contributed by atoms with Crippen molar-refractivity contribution in [3.63, 3.8) is 0 Å². The van der Waals surface area contributed by atoms with Crippen molar-refractivity contribution >= 4 is 8.25 Å². The number of hydrogen-bond acceptors (Lipinski definition) is 8. The summed E-state index contributed by atoms with van der Waals surface area (Å²) in [6.07, 6.45) is -2.57. The Bertz CT molecular complexity index is 1050. The number of para-hydroxylation sites is 1. The maximum Gasteiger partial charge on any atom is 0.750 e. The molecule has 3 rings (SSSR count). The van der Waals surface area contributed by atoms with Gasteiger partial charge < -0.3 is 9.84 Å². The Morgan fingerprint density at radius 1 is 1.38 bits per heavy atom. The summed E-state index contributed by atoms with van der Waals surface area (Å²) in [7, 11) is -2.57. The number of aromatic amines is 1. The van der Waals surface area contributed by atoms with E-state index in [1.54, 1.807) is 30.3 Å². The summed E-state index contributed by atoms with van der Waals surface area (Å²) in [6.45, 7) is 1.02. The number of hydrogen-bond donors (Lipinski definition) is 2. The van der Waals surface area contributed by atoms with Gasteiger partial charge in [-0.25, -0.2) is 9.32 Å². The van der Waals surface area contributed by atoms with Crippen LogP contribution in [0, 0.1) is 0 Å². The van der Waals surface area contributed by atoms with Gasteiger partial charge in [-0.3, -0.25) is 14.3 Å². The molecule has 1 unspecified atom stereocenters. The topological polar surface area (TPSA) is 169 Å². The number of nitrogens with zero attached hydrogens (tertiary/aromatic N) is 4. The van der Waals surface area contributed by atoms with Gasteiger partial charge in [-0.15, -0.1) is 4.52 Å². The summed E-state index contributed by atoms with van der Waals surface area (Å²) < 4.78 is 28.9. The zero-order valence-electron chi connectivity index (χ0n) is 15.1. The number of aliphatic hydroxyl groups excluding tert-OH is 1. The summed E-state index contributed by atoms with van der Waals surface area (Å²) in [5, 5.41) is 14.2. The van der Waals surface area contributed by atoms with E-state index in [2.05, 4.69) is 15.0 Å². The first-order valence-electron chi connectivity index (χ1n) is 8.39. The van der Waals surface area contributed by atoms with Crippen molar-refractivity contribution in [3.05, 3.63) is 73.9 Å². The van der Waals surface area contributed by atoms with Gasteiger partial charge in [-0.05, 0) is 24.6 Å². The second-order valence-corrected chi connectivity index (χ2v) is 7.22. The fraction of sp³-hybridized carbons (Fsp3) is 0.375. The number of H-pyrrole nitrogens is 1. The highest BCUT2D eigenvalue weighted by molar-refractivity contribution is 7.33. The minimum atomic E-state index is -2.57. The Hall–Kier alpha value is -3.01. The first-order valence-corrected chi connectivity index (χ1v) is 9.49. The zero-order valence-corrected chi connectivity index (χ0v) is 16.0. The Morgan fingerprint density at radius 2 is 2.10 bits per heavy atom. The highest BCUT2D eigenvalue weighted by Crippen LogP contribution is 2.41. The van der Waals surface area contributed by atoms with Crippen LogP contribution in [0.25, 0.3) is 10.4 Å². The van der Waals surface area contributed by atoms with E-state index < -0.39 is 43.5 Å². The van der Waals surface area contributed by atoms with E-state index in [1.165, 1.54) is 6.92 Å². The lowest BCUT2D eigenvalue weighted by Gasteiger charge is -2.27. The van der Waals surface area contributed by atoms with Crippen molar-refractivity contribution in [2.24, 2.45) is 5.11 Å². The summed E-state index contributed by atoms with van der Waals surface area (Å²) >= 11 is 0. The molecule has 1 aliphatic rings. The number of aromatic nitrogens is 2. The summed E-state index contributed by atoms with van der Waals surface area (Å²) in [5.41, 5.74) is 5.87. The van der Waals surface area contributed by atoms with Gasteiger partial charge in [0.05, 0.1) is 6.10 Å². The van der Waals surface area contributed by atoms with E-state index in [9.17, 15) is 19.3 Å². The smallest absolute Gasteiger partial charge is 0.389 e. The fourth-order valence-electron chi connectivity index (χ4n) is 2.92. The Balaban J connectivity index is 1.77. The van der Waals surface area contributed by atoms with E-state index in [4.69, 9.17) is 19.3 Å². The molecule has 0 amide bonds. The average Bonchev–Trinajstić information content (AvgIpc) is 2.92. The third-order valence-electron chi connectivity index (χ3n) is 4.39. The van der Waals surface area contributed by atoms with Crippen molar-refractivity contribution in [3.8, 4) is 5.75 Å². The van der Waals surface area contributed by atoms with Crippen molar-refractivity contribution in [2.75, 3.05) is 6.61 Å². The second-order valence-electron chi connectivity index (χ2n) is 6.33. The molecule has 13 heteroatoms. The molecule has 1 saturated heterocycles. The van der Waals surface area contributed by atoms with Gasteiger partial charge >= 0.3 is 13.9 Å². The van der Waals surface area contributed by atoms with Crippen LogP contribution >= 0.6 is 8.25 Å². The maximum atomic E-state index is 12.1. The lowest BCUT2D eigenvalue weighted by molar-refractivity contribution is -0.0442. The lowest BCUT2D eigenvalue weighted by Crippen LogP contribution is -2.45. The average molecular weight is 422 g/mol. The van der Waals surface area contributed by atoms with Crippen molar-refractivity contribution in [1.29, 1.82) is 0 Å². The molecule has 2 N–H and O–H groups in total. The molecule has 0 spiro atoms. The normalized spacial score (nSPS) is 26.6. The molecule has 0 saturated carbocycles. The van der Waals surface area contributed by atoms with Crippen LogP contribution in [-0.4, -0.2) is 39.0 Å². The second kappa shape index (κ2) is 8.56. The highest BCUT2D eigenvalue weighted by Gasteiger charge is 2.55. The predicted molar refractivity (Wildman–Crippen MR) is 99.4 cm³/mol. The van der Waals surface area contributed by atoms with E-state index in [0.29, 0.717) is 5.75 Å². The number of azide groups is 1. The fourth-order valence-corrected chi connectivity index (χ4v) is 3.54. The first-order chi connectivity index (χ1) is 13.8. The quantitative estimate of drug-likeness (QED) is 0.296. The molecule has 29 heavy (non-hydrogen) atoms. The monoisotopic (exact) mass is 422 g/mol. The molecule has 2 aromatic rings. The Labute approximate surface area is 164 Å². The van der Waals surface area contributed by atoms with Gasteiger partial charge in [0.1, 0.15) is 18.2 Å². The van der Waals surface area contributed by atoms with Crippen LogP contribution in [0.1, 0.15) is 13.2 Å². The number of ether oxygens (including phenoxy) is 1. The number of benzene rings is 1. The third-order valence-corrected chi connectivity index (χ3v) is 5.11. The summed E-state index contributed by atoms with van der Waals surface area (Å²) in [6, 6.07) is 9.42. The number of aliphatic hydroxyl groups is 1. The lowest BCUT2D eigenvalue weighted by atomic mass is 9.93. The van der Waals surface area contributed by atoms with Crippen LogP contribution in [0.5, 0.6) is 5.75 Å². The van der Waals surface area contributed by atoms with E-state index in [0.717, 1.165) is 16.8 Å². The molecule has 2 heterocycles. The summed E-state index contributed by atoms with van der Waals surface area (Å²) in [5.74, 6) is 0.332. The van der Waals surface area contributed by atoms with Gasteiger partial charge in [0.2, 0.25) is 0 Å². The van der Waals surface area contributed by atoms with Gasteiger partial charge in [0.25, 0.3) is 5.56 Å². The minimum absolute atomic E-state index is 0.332. The van der Waals surface area contributed by atoms with Gasteiger partial charge in [-0.1, -0.05) is 23.3 Å². The van der Waals surface area contributed by atoms with Crippen molar-refractivity contribution < 1.29 is 23.5 Å². The van der Waals surface area contributed by atoms with Crippen LogP contribution in [0.15, 0.2) is 57.3 Å². The third kappa shape index (κ3) is 4.37. The molecule has 1 aromatic heterocycles. The molecule has 1 aliphatic heterocycles. The molecule has 12 nitrogen and oxygen atoms in total. The highest BCUT2D eigenvalue weighted by atomic mass is 31.1. The molecule has 1 fully saturated rings. The van der Waals surface area contributed by atoms with Crippen LogP contribution in [0.2, 0.25) is 0 Å². The largest absolute Gasteiger partial charge is 0.750 e. The van der Waals surface area contributed by atoms with Crippen LogP contribution in [0.3, 0.4) is 0 Å². The Morgan fingerprint density at radius 3 is 2.76 bits per heavy atom. The van der Waals surface area contributed by atoms with Crippen LogP contribution in [0.4, 0.5) is 0 Å². The van der Waals surface area contributed by atoms with Crippen LogP contribution in [-0.2, 0) is 13.8 Å². The minimum Gasteiger partial charge on any atom is -0.389 e. The Kier molecular flexibility index (Phi) is 6.12. The molecule has 152 valence electrons. The van der Waals surface area contributed by atoms with E-state index >= 15 is 0 Å². The van der Waals surface area contributed by atoms with E-state index in [1.807, 2.05) is 0 Å². The molecule has 5 atom stereocenters. The zero-order chi connectivity index (χ0) is 21.0. The van der Waals surface area contributed by atoms with Gasteiger partial charge in [0, 0.05) is 21.7 Å². The predicted octanol–water partition coefficient (Wildman–Crippen LogP) is 1.62. The van der Waals surface area contributed by atoms with Crippen molar-refractivity contribution in [1.82, 2.24) is 9.55 Å². The molecule has 0 bridgehead atoms. The molecular weight excluding hydrogens is 405 g/mol. The maximum absolute atomic E-state index is 12.1. The molecular formula is C16H17N5O7P+. The molecule has 1 aromatic carbocycles. The number of rotatable bonds is 7. The van der Waals surface area contributed by atoms with Crippen molar-refractivity contribution in [2.45, 2.75) is 30.9 Å². The number of nitrogens with one attached hydrogen (secondary N) is 1. The van der Waals surface area contributed by atoms with E-state index in [-0.39, 0.29) is 6.61 Å². The SMILES string of the molecule is C[C@@]1(N=[N+]=[N-])[C@H](O)[C@@H](CO[P+](=O)Oc2ccccc2)O[C@H]1n1ccc(=O)[nH]c1=O. The summed E-state index contributed by atoms with van der Waals surface area (Å²) in [4.78, 5) is 28.2. The first kappa shape index (κ1) is 20.7.